The fraction of sp³-hybridized carbons (Fsp3) is 0.778. The van der Waals surface area contributed by atoms with Crippen LogP contribution in [0.2, 0.25) is 0 Å². The highest BCUT2D eigenvalue weighted by Gasteiger charge is 2.50. The summed E-state index contributed by atoms with van der Waals surface area (Å²) in [5.74, 6) is 1.89. The van der Waals surface area contributed by atoms with Crippen molar-refractivity contribution in [2.24, 2.45) is 23.2 Å². The van der Waals surface area contributed by atoms with Crippen molar-refractivity contribution in [1.82, 2.24) is 0 Å². The Bertz CT molecular complexity index is 683. The van der Waals surface area contributed by atoms with Crippen LogP contribution in [0.1, 0.15) is 91.9 Å². The van der Waals surface area contributed by atoms with Crippen LogP contribution < -0.4 is 0 Å². The van der Waals surface area contributed by atoms with E-state index in [0.29, 0.717) is 29.6 Å². The van der Waals surface area contributed by atoms with Crippen LogP contribution in [0.25, 0.3) is 0 Å². The molecule has 3 nitrogen and oxygen atoms in total. The van der Waals surface area contributed by atoms with Crippen LogP contribution in [0.15, 0.2) is 35.5 Å². The Kier molecular flexibility index (Phi) is 7.37. The molecule has 0 aromatic heterocycles. The van der Waals surface area contributed by atoms with Crippen molar-refractivity contribution in [3.05, 3.63) is 35.5 Å². The lowest BCUT2D eigenvalue weighted by molar-refractivity contribution is -0.0554. The summed E-state index contributed by atoms with van der Waals surface area (Å²) >= 11 is 0. The van der Waals surface area contributed by atoms with Crippen molar-refractivity contribution in [3.8, 4) is 0 Å². The zero-order valence-corrected chi connectivity index (χ0v) is 19.7. The third-order valence-corrected chi connectivity index (χ3v) is 8.62. The number of aliphatic hydroxyl groups is 3. The van der Waals surface area contributed by atoms with Crippen LogP contribution >= 0.6 is 0 Å². The van der Waals surface area contributed by atoms with Gasteiger partial charge in [-0.15, -0.1) is 0 Å². The first-order valence-corrected chi connectivity index (χ1v) is 12.2. The van der Waals surface area contributed by atoms with Gasteiger partial charge in [-0.3, -0.25) is 0 Å². The van der Waals surface area contributed by atoms with Gasteiger partial charge in [0.1, 0.15) is 0 Å². The van der Waals surface area contributed by atoms with Crippen molar-refractivity contribution < 1.29 is 15.3 Å². The van der Waals surface area contributed by atoms with E-state index in [-0.39, 0.29) is 6.10 Å². The summed E-state index contributed by atoms with van der Waals surface area (Å²) in [7, 11) is 0. The van der Waals surface area contributed by atoms with Gasteiger partial charge in [-0.2, -0.15) is 0 Å². The highest BCUT2D eigenvalue weighted by molar-refractivity contribution is 5.36. The van der Waals surface area contributed by atoms with Crippen molar-refractivity contribution in [3.63, 3.8) is 0 Å². The van der Waals surface area contributed by atoms with E-state index in [1.165, 1.54) is 43.3 Å². The van der Waals surface area contributed by atoms with Gasteiger partial charge in [0.25, 0.3) is 0 Å². The summed E-state index contributed by atoms with van der Waals surface area (Å²) in [5.41, 5.74) is 3.34. The zero-order chi connectivity index (χ0) is 22.1. The molecule has 3 saturated carbocycles. The minimum absolute atomic E-state index is 0.215. The van der Waals surface area contributed by atoms with E-state index in [1.807, 2.05) is 0 Å². The maximum absolute atomic E-state index is 10.3. The largest absolute Gasteiger partial charge is 0.393 e. The molecule has 0 bridgehead atoms. The number of rotatable bonds is 6. The van der Waals surface area contributed by atoms with E-state index in [4.69, 9.17) is 0 Å². The lowest BCUT2D eigenvalue weighted by Gasteiger charge is -2.44. The summed E-state index contributed by atoms with van der Waals surface area (Å²) in [6.45, 7) is 12.5. The molecule has 0 amide bonds. The molecule has 0 heterocycles. The number of fused-ring (bicyclic) bond motifs is 1. The molecule has 0 saturated heterocycles. The Morgan fingerprint density at radius 1 is 1.17 bits per heavy atom. The molecule has 170 valence electrons. The summed E-state index contributed by atoms with van der Waals surface area (Å²) in [4.78, 5) is 0. The molecule has 1 unspecified atom stereocenters. The van der Waals surface area contributed by atoms with Crippen LogP contribution in [0.4, 0.5) is 0 Å². The fourth-order valence-corrected chi connectivity index (χ4v) is 6.58. The van der Waals surface area contributed by atoms with Crippen LogP contribution in [-0.4, -0.2) is 33.1 Å². The molecule has 3 aliphatic rings. The molecule has 3 aliphatic carbocycles. The zero-order valence-electron chi connectivity index (χ0n) is 19.7. The summed E-state index contributed by atoms with van der Waals surface area (Å²) in [6, 6.07) is 0. The van der Waals surface area contributed by atoms with E-state index in [2.05, 4.69) is 32.6 Å². The first-order chi connectivity index (χ1) is 14.0. The Hall–Kier alpha value is -0.900. The van der Waals surface area contributed by atoms with Crippen molar-refractivity contribution in [2.75, 3.05) is 0 Å². The van der Waals surface area contributed by atoms with E-state index in [0.717, 1.165) is 25.7 Å². The predicted octanol–water partition coefficient (Wildman–Crippen LogP) is 5.70. The van der Waals surface area contributed by atoms with Gasteiger partial charge in [-0.1, -0.05) is 43.7 Å². The van der Waals surface area contributed by atoms with Gasteiger partial charge in [0, 0.05) is 0 Å². The number of allylic oxidation sites excluding steroid dienone is 4. The van der Waals surface area contributed by atoms with Crippen LogP contribution in [0.5, 0.6) is 0 Å². The second-order valence-corrected chi connectivity index (χ2v) is 11.3. The number of hydrogen-bond acceptors (Lipinski definition) is 3. The summed E-state index contributed by atoms with van der Waals surface area (Å²) < 4.78 is 0. The minimum Gasteiger partial charge on any atom is -0.393 e. The Morgan fingerprint density at radius 3 is 2.60 bits per heavy atom. The number of hydrogen-bond donors (Lipinski definition) is 3. The average Bonchev–Trinajstić information content (AvgIpc) is 3.03. The van der Waals surface area contributed by atoms with Gasteiger partial charge >= 0.3 is 0 Å². The highest BCUT2D eigenvalue weighted by Crippen LogP contribution is 2.60. The summed E-state index contributed by atoms with van der Waals surface area (Å²) in [6.07, 6.45) is 14.1. The monoisotopic (exact) mass is 416 g/mol. The van der Waals surface area contributed by atoms with Gasteiger partial charge in [0.2, 0.25) is 0 Å². The SMILES string of the molecule is C=C1CC[C@H](O)CC1=CC=C1CCC[C@]2(C)[C@@H]([C@H](C)CCC(O)C(C)(C)O)CC[C@@H]12. The average molecular weight is 417 g/mol. The van der Waals surface area contributed by atoms with Crippen LogP contribution in [-0.2, 0) is 0 Å². The van der Waals surface area contributed by atoms with Crippen molar-refractivity contribution in [2.45, 2.75) is 110 Å². The Labute approximate surface area is 184 Å². The molecule has 0 aliphatic heterocycles. The molecular weight excluding hydrogens is 372 g/mol. The molecule has 3 N–H and O–H groups in total. The fourth-order valence-electron chi connectivity index (χ4n) is 6.58. The second kappa shape index (κ2) is 9.30. The molecule has 6 atom stereocenters. The smallest absolute Gasteiger partial charge is 0.0849 e. The standard InChI is InChI=1S/C27H44O3/c1-18-8-12-22(28)17-21(18)11-10-20-7-6-16-27(5)23(13-14-24(20)27)19(2)9-15-25(29)26(3,4)30/h10-11,19,22-25,28-30H,1,6-9,12-17H2,2-5H3/t19-,22+,23-,24+,25?,27-/m1/s1. The van der Waals surface area contributed by atoms with Crippen LogP contribution in [0.3, 0.4) is 0 Å². The van der Waals surface area contributed by atoms with Gasteiger partial charge in [-0.05, 0) is 107 Å². The molecule has 3 rings (SSSR count). The van der Waals surface area contributed by atoms with Crippen LogP contribution in [0, 0.1) is 23.2 Å². The Balaban J connectivity index is 1.69. The third kappa shape index (κ3) is 5.11. The van der Waals surface area contributed by atoms with E-state index in [1.54, 1.807) is 19.4 Å². The van der Waals surface area contributed by atoms with E-state index in [9.17, 15) is 15.3 Å². The van der Waals surface area contributed by atoms with E-state index < -0.39 is 11.7 Å². The lowest BCUT2D eigenvalue weighted by atomic mass is 9.60. The van der Waals surface area contributed by atoms with E-state index >= 15 is 0 Å². The van der Waals surface area contributed by atoms with Gasteiger partial charge in [0.15, 0.2) is 0 Å². The van der Waals surface area contributed by atoms with Crippen molar-refractivity contribution >= 4 is 0 Å². The predicted molar refractivity (Wildman–Crippen MR) is 124 cm³/mol. The van der Waals surface area contributed by atoms with Gasteiger partial charge in [-0.25, -0.2) is 0 Å². The maximum Gasteiger partial charge on any atom is 0.0849 e. The first-order valence-electron chi connectivity index (χ1n) is 12.2. The molecule has 30 heavy (non-hydrogen) atoms. The first kappa shape index (κ1) is 23.8. The van der Waals surface area contributed by atoms with Crippen molar-refractivity contribution in [1.29, 1.82) is 0 Å². The number of aliphatic hydroxyl groups excluding tert-OH is 2. The molecule has 3 heteroatoms. The molecular formula is C27H44O3. The Morgan fingerprint density at radius 2 is 1.90 bits per heavy atom. The molecule has 3 fully saturated rings. The van der Waals surface area contributed by atoms with Gasteiger partial charge in [0.05, 0.1) is 17.8 Å². The molecule has 0 radical (unpaired) electrons. The normalized spacial score (nSPS) is 37.4. The second-order valence-electron chi connectivity index (χ2n) is 11.3. The lowest BCUT2D eigenvalue weighted by Crippen LogP contribution is -2.38. The highest BCUT2D eigenvalue weighted by atomic mass is 16.3. The third-order valence-electron chi connectivity index (χ3n) is 8.62. The summed E-state index contributed by atoms with van der Waals surface area (Å²) in [5, 5.41) is 30.3. The molecule has 0 spiro atoms. The molecule has 0 aromatic carbocycles. The minimum atomic E-state index is -1.02. The maximum atomic E-state index is 10.3. The quantitative estimate of drug-likeness (QED) is 0.520. The topological polar surface area (TPSA) is 60.7 Å². The molecule has 0 aromatic rings. The van der Waals surface area contributed by atoms with Gasteiger partial charge < -0.3 is 15.3 Å².